The quantitative estimate of drug-likeness (QED) is 0.0347. The van der Waals surface area contributed by atoms with Crippen LogP contribution < -0.4 is 0 Å². The largest absolute Gasteiger partial charge is 0.462 e. The second-order valence-electron chi connectivity index (χ2n) is 18.1. The van der Waals surface area contributed by atoms with Gasteiger partial charge >= 0.3 is 17.9 Å². The molecule has 0 N–H and O–H groups in total. The first-order valence-electron chi connectivity index (χ1n) is 24.7. The molecule has 56 heavy (non-hydrogen) atoms. The summed E-state index contributed by atoms with van der Waals surface area (Å²) in [5, 5.41) is 0. The highest BCUT2D eigenvalue weighted by molar-refractivity contribution is 5.71. The molecule has 0 unspecified atom stereocenters. The molecule has 6 heteroatoms. The Hall–Kier alpha value is -1.59. The zero-order valence-electron chi connectivity index (χ0n) is 38.3. The molecule has 1 atom stereocenters. The van der Waals surface area contributed by atoms with E-state index in [-0.39, 0.29) is 31.1 Å². The molecule has 0 spiro atoms. The van der Waals surface area contributed by atoms with Crippen molar-refractivity contribution in [3.05, 3.63) is 0 Å². The average Bonchev–Trinajstić information content (AvgIpc) is 3.16. The summed E-state index contributed by atoms with van der Waals surface area (Å²) >= 11 is 0. The highest BCUT2D eigenvalue weighted by Gasteiger charge is 2.19. The fourth-order valence-corrected chi connectivity index (χ4v) is 7.46. The van der Waals surface area contributed by atoms with Crippen molar-refractivity contribution in [2.24, 2.45) is 11.8 Å². The SMILES string of the molecule is CCCCCCCCCCCCCCC(=O)O[C@H](COC(=O)CCCCCCCCCCCCCCCC(C)C)COC(=O)CCCCCCCCCC(C)C. The normalized spacial score (nSPS) is 12.1. The number of carbonyl (C=O) groups is 3. The molecule has 332 valence electrons. The van der Waals surface area contributed by atoms with Gasteiger partial charge in [-0.25, -0.2) is 0 Å². The molecule has 0 aliphatic rings. The Labute approximate surface area is 348 Å². The van der Waals surface area contributed by atoms with Crippen LogP contribution in [0.3, 0.4) is 0 Å². The molecule has 0 aromatic rings. The molecule has 0 aliphatic heterocycles. The fourth-order valence-electron chi connectivity index (χ4n) is 7.46. The summed E-state index contributed by atoms with van der Waals surface area (Å²) in [6, 6.07) is 0. The molecular formula is C50H96O6. The maximum Gasteiger partial charge on any atom is 0.306 e. The predicted molar refractivity (Wildman–Crippen MR) is 238 cm³/mol. The van der Waals surface area contributed by atoms with E-state index in [1.165, 1.54) is 161 Å². The van der Waals surface area contributed by atoms with Crippen molar-refractivity contribution < 1.29 is 28.6 Å². The minimum Gasteiger partial charge on any atom is -0.462 e. The predicted octanol–water partition coefficient (Wildman–Crippen LogP) is 15.8. The number of carbonyl (C=O) groups excluding carboxylic acids is 3. The fraction of sp³-hybridized carbons (Fsp3) is 0.940. The standard InChI is InChI=1S/C50H96O6/c1-6-7-8-9-10-11-12-17-21-26-32-37-42-50(53)56-47(44-55-49(52)41-36-31-27-22-24-29-34-39-46(4)5)43-54-48(51)40-35-30-25-20-18-15-13-14-16-19-23-28-33-38-45(2)3/h45-47H,6-44H2,1-5H3/t47-/m1/s1. The van der Waals surface area contributed by atoms with Crippen LogP contribution in [0.5, 0.6) is 0 Å². The van der Waals surface area contributed by atoms with Gasteiger partial charge in [0.15, 0.2) is 6.10 Å². The van der Waals surface area contributed by atoms with Crippen LogP contribution in [0.15, 0.2) is 0 Å². The monoisotopic (exact) mass is 793 g/mol. The summed E-state index contributed by atoms with van der Waals surface area (Å²) in [7, 11) is 0. The molecule has 0 fully saturated rings. The van der Waals surface area contributed by atoms with Crippen molar-refractivity contribution in [1.29, 1.82) is 0 Å². The summed E-state index contributed by atoms with van der Waals surface area (Å²) in [6.45, 7) is 11.3. The second kappa shape index (κ2) is 43.0. The lowest BCUT2D eigenvalue weighted by Crippen LogP contribution is -2.30. The van der Waals surface area contributed by atoms with E-state index in [1.54, 1.807) is 0 Å². The lowest BCUT2D eigenvalue weighted by Gasteiger charge is -2.18. The summed E-state index contributed by atoms with van der Waals surface area (Å²) < 4.78 is 16.8. The summed E-state index contributed by atoms with van der Waals surface area (Å²) in [6.07, 6.45) is 42.4. The summed E-state index contributed by atoms with van der Waals surface area (Å²) in [4.78, 5) is 37.8. The molecule has 0 aromatic heterocycles. The first-order valence-corrected chi connectivity index (χ1v) is 24.7. The molecule has 0 rings (SSSR count). The molecule has 0 aliphatic carbocycles. The van der Waals surface area contributed by atoms with Crippen LogP contribution in [0.2, 0.25) is 0 Å². The third-order valence-electron chi connectivity index (χ3n) is 11.2. The van der Waals surface area contributed by atoms with Crippen LogP contribution in [-0.2, 0) is 28.6 Å². The van der Waals surface area contributed by atoms with Gasteiger partial charge in [0, 0.05) is 19.3 Å². The third kappa shape index (κ3) is 43.5. The molecule has 0 heterocycles. The lowest BCUT2D eigenvalue weighted by atomic mass is 10.0. The summed E-state index contributed by atoms with van der Waals surface area (Å²) in [5.41, 5.74) is 0. The lowest BCUT2D eigenvalue weighted by molar-refractivity contribution is -0.167. The van der Waals surface area contributed by atoms with Crippen molar-refractivity contribution in [2.45, 2.75) is 278 Å². The van der Waals surface area contributed by atoms with Gasteiger partial charge in [0.25, 0.3) is 0 Å². The molecule has 0 saturated carbocycles. The van der Waals surface area contributed by atoms with Crippen LogP contribution in [0, 0.1) is 11.8 Å². The van der Waals surface area contributed by atoms with Crippen LogP contribution in [-0.4, -0.2) is 37.2 Å². The first-order chi connectivity index (χ1) is 27.2. The van der Waals surface area contributed by atoms with Crippen LogP contribution in [0.25, 0.3) is 0 Å². The van der Waals surface area contributed by atoms with Crippen LogP contribution >= 0.6 is 0 Å². The maximum absolute atomic E-state index is 12.7. The number of ether oxygens (including phenoxy) is 3. The Morgan fingerprint density at radius 1 is 0.339 bits per heavy atom. The van der Waals surface area contributed by atoms with Gasteiger partial charge < -0.3 is 14.2 Å². The second-order valence-corrected chi connectivity index (χ2v) is 18.1. The number of rotatable bonds is 44. The van der Waals surface area contributed by atoms with Crippen molar-refractivity contribution in [1.82, 2.24) is 0 Å². The number of hydrogen-bond donors (Lipinski definition) is 0. The Morgan fingerprint density at radius 2 is 0.589 bits per heavy atom. The van der Waals surface area contributed by atoms with Gasteiger partial charge in [0.2, 0.25) is 0 Å². The van der Waals surface area contributed by atoms with Gasteiger partial charge in [-0.15, -0.1) is 0 Å². The smallest absolute Gasteiger partial charge is 0.306 e. The van der Waals surface area contributed by atoms with Crippen LogP contribution in [0.1, 0.15) is 272 Å². The van der Waals surface area contributed by atoms with E-state index in [0.717, 1.165) is 69.6 Å². The average molecular weight is 793 g/mol. The van der Waals surface area contributed by atoms with Gasteiger partial charge in [0.1, 0.15) is 13.2 Å². The van der Waals surface area contributed by atoms with E-state index in [1.807, 2.05) is 0 Å². The molecule has 6 nitrogen and oxygen atoms in total. The van der Waals surface area contributed by atoms with E-state index < -0.39 is 6.10 Å². The van der Waals surface area contributed by atoms with Gasteiger partial charge in [-0.2, -0.15) is 0 Å². The van der Waals surface area contributed by atoms with Gasteiger partial charge in [-0.3, -0.25) is 14.4 Å². The third-order valence-corrected chi connectivity index (χ3v) is 11.2. The molecule has 0 radical (unpaired) electrons. The topological polar surface area (TPSA) is 78.9 Å². The minimum atomic E-state index is -0.761. The molecular weight excluding hydrogens is 697 g/mol. The van der Waals surface area contributed by atoms with E-state index in [4.69, 9.17) is 14.2 Å². The maximum atomic E-state index is 12.7. The Balaban J connectivity index is 4.29. The zero-order valence-corrected chi connectivity index (χ0v) is 38.3. The van der Waals surface area contributed by atoms with Crippen LogP contribution in [0.4, 0.5) is 0 Å². The van der Waals surface area contributed by atoms with E-state index in [9.17, 15) is 14.4 Å². The number of esters is 3. The highest BCUT2D eigenvalue weighted by atomic mass is 16.6. The minimum absolute atomic E-state index is 0.0644. The number of unbranched alkanes of at least 4 members (excludes halogenated alkanes) is 29. The molecule has 0 bridgehead atoms. The Kier molecular flexibility index (Phi) is 41.8. The number of hydrogen-bond acceptors (Lipinski definition) is 6. The van der Waals surface area contributed by atoms with Gasteiger partial charge in [-0.1, -0.05) is 234 Å². The zero-order chi connectivity index (χ0) is 41.2. The van der Waals surface area contributed by atoms with Gasteiger partial charge in [0.05, 0.1) is 0 Å². The molecule has 0 saturated heterocycles. The molecule has 0 amide bonds. The van der Waals surface area contributed by atoms with Gasteiger partial charge in [-0.05, 0) is 31.1 Å². The van der Waals surface area contributed by atoms with E-state index in [0.29, 0.717) is 19.3 Å². The highest BCUT2D eigenvalue weighted by Crippen LogP contribution is 2.17. The van der Waals surface area contributed by atoms with Crippen molar-refractivity contribution in [3.8, 4) is 0 Å². The Bertz CT molecular complexity index is 854. The van der Waals surface area contributed by atoms with E-state index in [2.05, 4.69) is 34.6 Å². The van der Waals surface area contributed by atoms with Crippen molar-refractivity contribution in [3.63, 3.8) is 0 Å². The molecule has 0 aromatic carbocycles. The van der Waals surface area contributed by atoms with E-state index >= 15 is 0 Å². The van der Waals surface area contributed by atoms with Crippen molar-refractivity contribution in [2.75, 3.05) is 13.2 Å². The Morgan fingerprint density at radius 3 is 0.875 bits per heavy atom. The van der Waals surface area contributed by atoms with Crippen molar-refractivity contribution >= 4 is 17.9 Å². The summed E-state index contributed by atoms with van der Waals surface area (Å²) in [5.74, 6) is 0.767. The first kappa shape index (κ1) is 54.4.